The standard InChI is InChI=1S/C15H19N3O/c1-4-9-18-15(16)13(11(3)17-18)14(19)12-8-6-5-7-10(12)2/h5-8H,4,9,16H2,1-3H3. The molecule has 2 aromatic rings. The van der Waals surface area contributed by atoms with Gasteiger partial charge in [-0.3, -0.25) is 4.79 Å². The van der Waals surface area contributed by atoms with Crippen molar-refractivity contribution in [3.05, 3.63) is 46.6 Å². The average molecular weight is 257 g/mol. The van der Waals surface area contributed by atoms with Crippen molar-refractivity contribution < 1.29 is 4.79 Å². The molecule has 4 heteroatoms. The molecule has 0 radical (unpaired) electrons. The predicted molar refractivity (Wildman–Crippen MR) is 76.3 cm³/mol. The van der Waals surface area contributed by atoms with Crippen LogP contribution in [0.15, 0.2) is 24.3 Å². The van der Waals surface area contributed by atoms with Crippen LogP contribution in [0.5, 0.6) is 0 Å². The molecule has 0 unspecified atom stereocenters. The number of nitrogens with two attached hydrogens (primary N) is 1. The van der Waals surface area contributed by atoms with Crippen LogP contribution in [0.2, 0.25) is 0 Å². The van der Waals surface area contributed by atoms with Crippen molar-refractivity contribution in [2.75, 3.05) is 5.73 Å². The summed E-state index contributed by atoms with van der Waals surface area (Å²) < 4.78 is 1.71. The van der Waals surface area contributed by atoms with Gasteiger partial charge in [-0.05, 0) is 25.8 Å². The van der Waals surface area contributed by atoms with E-state index in [1.165, 1.54) is 0 Å². The fraction of sp³-hybridized carbons (Fsp3) is 0.333. The van der Waals surface area contributed by atoms with Crippen LogP contribution in [-0.4, -0.2) is 15.6 Å². The fourth-order valence-corrected chi connectivity index (χ4v) is 2.22. The molecule has 0 bridgehead atoms. The van der Waals surface area contributed by atoms with Gasteiger partial charge >= 0.3 is 0 Å². The second-order valence-corrected chi connectivity index (χ2v) is 4.71. The first-order valence-electron chi connectivity index (χ1n) is 6.49. The minimum Gasteiger partial charge on any atom is -0.383 e. The van der Waals surface area contributed by atoms with Crippen LogP contribution in [0.25, 0.3) is 0 Å². The first-order chi connectivity index (χ1) is 9.06. The van der Waals surface area contributed by atoms with Crippen LogP contribution in [0.3, 0.4) is 0 Å². The van der Waals surface area contributed by atoms with Gasteiger partial charge in [0.15, 0.2) is 5.78 Å². The summed E-state index contributed by atoms with van der Waals surface area (Å²) in [5.74, 6) is 0.419. The zero-order valence-electron chi connectivity index (χ0n) is 11.6. The lowest BCUT2D eigenvalue weighted by Gasteiger charge is -2.05. The Balaban J connectivity index is 2.48. The largest absolute Gasteiger partial charge is 0.383 e. The van der Waals surface area contributed by atoms with E-state index in [0.29, 0.717) is 22.6 Å². The predicted octanol–water partition coefficient (Wildman–Crippen LogP) is 2.72. The normalized spacial score (nSPS) is 10.7. The minimum atomic E-state index is -0.0459. The van der Waals surface area contributed by atoms with E-state index in [2.05, 4.69) is 12.0 Å². The van der Waals surface area contributed by atoms with Gasteiger partial charge in [0.2, 0.25) is 0 Å². The van der Waals surface area contributed by atoms with Crippen LogP contribution in [0.4, 0.5) is 5.82 Å². The van der Waals surface area contributed by atoms with Crippen LogP contribution >= 0.6 is 0 Å². The molecule has 0 atom stereocenters. The van der Waals surface area contributed by atoms with Gasteiger partial charge in [-0.15, -0.1) is 0 Å². The van der Waals surface area contributed by atoms with Crippen molar-refractivity contribution in [1.29, 1.82) is 0 Å². The molecule has 0 aliphatic heterocycles. The first kappa shape index (κ1) is 13.3. The summed E-state index contributed by atoms with van der Waals surface area (Å²) in [6.45, 7) is 6.54. The number of aryl methyl sites for hydroxylation is 3. The SMILES string of the molecule is CCCn1nc(C)c(C(=O)c2ccccc2C)c1N. The van der Waals surface area contributed by atoms with Gasteiger partial charge in [0, 0.05) is 12.1 Å². The Labute approximate surface area is 113 Å². The molecule has 0 saturated heterocycles. The van der Waals surface area contributed by atoms with Crippen LogP contribution in [0, 0.1) is 13.8 Å². The van der Waals surface area contributed by atoms with E-state index in [-0.39, 0.29) is 5.78 Å². The van der Waals surface area contributed by atoms with Crippen LogP contribution < -0.4 is 5.73 Å². The maximum absolute atomic E-state index is 12.6. The van der Waals surface area contributed by atoms with E-state index in [0.717, 1.165) is 18.5 Å². The molecule has 0 fully saturated rings. The van der Waals surface area contributed by atoms with Crippen molar-refractivity contribution >= 4 is 11.6 Å². The number of ketones is 1. The molecular formula is C15H19N3O. The van der Waals surface area contributed by atoms with Gasteiger partial charge in [-0.1, -0.05) is 31.2 Å². The Morgan fingerprint density at radius 1 is 1.32 bits per heavy atom. The molecule has 1 aromatic heterocycles. The third-order valence-corrected chi connectivity index (χ3v) is 3.22. The molecule has 1 heterocycles. The van der Waals surface area contributed by atoms with Crippen molar-refractivity contribution in [3.63, 3.8) is 0 Å². The number of anilines is 1. The maximum Gasteiger partial charge on any atom is 0.198 e. The summed E-state index contributed by atoms with van der Waals surface area (Å²) in [7, 11) is 0. The van der Waals surface area contributed by atoms with Crippen molar-refractivity contribution in [2.24, 2.45) is 0 Å². The highest BCUT2D eigenvalue weighted by molar-refractivity contribution is 6.13. The van der Waals surface area contributed by atoms with Gasteiger partial charge in [-0.2, -0.15) is 5.10 Å². The molecule has 0 aliphatic rings. The van der Waals surface area contributed by atoms with E-state index in [9.17, 15) is 4.79 Å². The van der Waals surface area contributed by atoms with E-state index in [4.69, 9.17) is 5.73 Å². The lowest BCUT2D eigenvalue weighted by Crippen LogP contribution is -2.09. The highest BCUT2D eigenvalue weighted by Crippen LogP contribution is 2.22. The second kappa shape index (κ2) is 5.26. The molecule has 100 valence electrons. The smallest absolute Gasteiger partial charge is 0.198 e. The number of benzene rings is 1. The number of nitrogens with zero attached hydrogens (tertiary/aromatic N) is 2. The molecular weight excluding hydrogens is 238 g/mol. The van der Waals surface area contributed by atoms with E-state index < -0.39 is 0 Å². The second-order valence-electron chi connectivity index (χ2n) is 4.71. The Morgan fingerprint density at radius 2 is 2.00 bits per heavy atom. The van der Waals surface area contributed by atoms with E-state index in [1.54, 1.807) is 4.68 Å². The maximum atomic E-state index is 12.6. The molecule has 0 spiro atoms. The van der Waals surface area contributed by atoms with Gasteiger partial charge in [-0.25, -0.2) is 4.68 Å². The van der Waals surface area contributed by atoms with Crippen molar-refractivity contribution in [1.82, 2.24) is 9.78 Å². The van der Waals surface area contributed by atoms with E-state index in [1.807, 2.05) is 38.1 Å². The highest BCUT2D eigenvalue weighted by atomic mass is 16.1. The summed E-state index contributed by atoms with van der Waals surface area (Å²) >= 11 is 0. The van der Waals surface area contributed by atoms with Gasteiger partial charge in [0.25, 0.3) is 0 Å². The van der Waals surface area contributed by atoms with Crippen LogP contribution in [0.1, 0.15) is 40.5 Å². The lowest BCUT2D eigenvalue weighted by molar-refractivity contribution is 0.103. The Bertz CT molecular complexity index is 614. The number of hydrogen-bond acceptors (Lipinski definition) is 3. The zero-order valence-corrected chi connectivity index (χ0v) is 11.6. The van der Waals surface area contributed by atoms with Crippen LogP contribution in [-0.2, 0) is 6.54 Å². The third kappa shape index (κ3) is 2.38. The molecule has 4 nitrogen and oxygen atoms in total. The Kier molecular flexibility index (Phi) is 3.69. The summed E-state index contributed by atoms with van der Waals surface area (Å²) in [5, 5.41) is 4.35. The Morgan fingerprint density at radius 3 is 2.63 bits per heavy atom. The molecule has 0 amide bonds. The summed E-state index contributed by atoms with van der Waals surface area (Å²) in [6.07, 6.45) is 0.934. The topological polar surface area (TPSA) is 60.9 Å². The van der Waals surface area contributed by atoms with E-state index >= 15 is 0 Å². The average Bonchev–Trinajstić information content (AvgIpc) is 2.65. The number of carbonyl (C=O) groups is 1. The Hall–Kier alpha value is -2.10. The number of aromatic nitrogens is 2. The molecule has 2 rings (SSSR count). The molecule has 1 aromatic carbocycles. The zero-order chi connectivity index (χ0) is 14.0. The monoisotopic (exact) mass is 257 g/mol. The fourth-order valence-electron chi connectivity index (χ4n) is 2.22. The molecule has 0 aliphatic carbocycles. The highest BCUT2D eigenvalue weighted by Gasteiger charge is 2.21. The van der Waals surface area contributed by atoms with Crippen molar-refractivity contribution in [2.45, 2.75) is 33.7 Å². The van der Waals surface area contributed by atoms with Gasteiger partial charge < -0.3 is 5.73 Å². The quantitative estimate of drug-likeness (QED) is 0.857. The first-order valence-corrected chi connectivity index (χ1v) is 6.49. The molecule has 19 heavy (non-hydrogen) atoms. The summed E-state index contributed by atoms with van der Waals surface area (Å²) in [5.41, 5.74) is 8.92. The van der Waals surface area contributed by atoms with Gasteiger partial charge in [0.05, 0.1) is 11.3 Å². The molecule has 0 saturated carbocycles. The minimum absolute atomic E-state index is 0.0459. The third-order valence-electron chi connectivity index (χ3n) is 3.22. The number of carbonyl (C=O) groups excluding carboxylic acids is 1. The number of rotatable bonds is 4. The lowest BCUT2D eigenvalue weighted by atomic mass is 9.99. The van der Waals surface area contributed by atoms with Gasteiger partial charge in [0.1, 0.15) is 5.82 Å². The van der Waals surface area contributed by atoms with Crippen molar-refractivity contribution in [3.8, 4) is 0 Å². The number of nitrogen functional groups attached to an aromatic ring is 1. The summed E-state index contributed by atoms with van der Waals surface area (Å²) in [6, 6.07) is 7.54. The summed E-state index contributed by atoms with van der Waals surface area (Å²) in [4.78, 5) is 12.6. The number of hydrogen-bond donors (Lipinski definition) is 1. The molecule has 2 N–H and O–H groups in total.